The lowest BCUT2D eigenvalue weighted by molar-refractivity contribution is 0.670. The fourth-order valence-corrected chi connectivity index (χ4v) is 8.65. The van der Waals surface area contributed by atoms with Crippen molar-refractivity contribution < 1.29 is 8.83 Å². The number of furan rings is 2. The van der Waals surface area contributed by atoms with Crippen LogP contribution in [0.25, 0.3) is 110 Å². The molecule has 0 saturated carbocycles. The predicted molar refractivity (Wildman–Crippen MR) is 215 cm³/mol. The highest BCUT2D eigenvalue weighted by molar-refractivity contribution is 6.23. The van der Waals surface area contributed by atoms with Gasteiger partial charge in [-0.2, -0.15) is 0 Å². The monoisotopic (exact) mass is 664 g/mol. The minimum atomic E-state index is 0.900. The van der Waals surface area contributed by atoms with Crippen LogP contribution in [-0.4, -0.2) is 9.13 Å². The summed E-state index contributed by atoms with van der Waals surface area (Å²) < 4.78 is 18.0. The van der Waals surface area contributed by atoms with Crippen molar-refractivity contribution in [2.45, 2.75) is 0 Å². The van der Waals surface area contributed by atoms with Crippen LogP contribution in [0.3, 0.4) is 0 Å². The van der Waals surface area contributed by atoms with Crippen LogP contribution in [0.2, 0.25) is 0 Å². The first-order valence-corrected chi connectivity index (χ1v) is 17.7. The molecule has 0 radical (unpaired) electrons. The van der Waals surface area contributed by atoms with E-state index in [2.05, 4.69) is 167 Å². The number of hydrogen-bond donors (Lipinski definition) is 0. The largest absolute Gasteiger partial charge is 0.454 e. The van der Waals surface area contributed by atoms with Crippen LogP contribution in [0.1, 0.15) is 0 Å². The van der Waals surface area contributed by atoms with Gasteiger partial charge in [0.15, 0.2) is 11.2 Å². The quantitative estimate of drug-likeness (QED) is 0.188. The number of hydrogen-bond acceptors (Lipinski definition) is 2. The summed E-state index contributed by atoms with van der Waals surface area (Å²) in [6, 6.07) is 60.6. The Bertz CT molecular complexity index is 3190. The highest BCUT2D eigenvalue weighted by atomic mass is 16.3. The lowest BCUT2D eigenvalue weighted by Crippen LogP contribution is -1.96. The van der Waals surface area contributed by atoms with Crippen molar-refractivity contribution >= 4 is 87.5 Å². The topological polar surface area (TPSA) is 36.1 Å². The molecule has 0 amide bonds. The summed E-state index contributed by atoms with van der Waals surface area (Å²) in [6.07, 6.45) is 0. The molecule has 242 valence electrons. The Hall–Kier alpha value is -7.04. The Balaban J connectivity index is 1.09. The van der Waals surface area contributed by atoms with Gasteiger partial charge in [-0.1, -0.05) is 109 Å². The lowest BCUT2D eigenvalue weighted by atomic mass is 10.0. The van der Waals surface area contributed by atoms with Crippen molar-refractivity contribution in [1.29, 1.82) is 0 Å². The molecule has 12 rings (SSSR count). The van der Waals surface area contributed by atoms with E-state index in [0.717, 1.165) is 88.4 Å². The normalized spacial score (nSPS) is 12.2. The average molecular weight is 665 g/mol. The SMILES string of the molecule is c1cc(-c2cccc(-n3c4ccccc4c4ccc5c6ccccc6oc5c43)c2)cc(-n2c3ccccc3c3ccc4c5ccccc5oc4c32)c1. The standard InChI is InChI=1S/C48H28N2O2/c1-5-19-41-33(15-1)37-23-25-39-35-17-3-7-21-43(35)51-47(39)45(37)49(41)31-13-9-11-29(27-31)30-12-10-14-32(28-30)50-42-20-6-2-16-34(42)38-24-26-40-36-18-4-8-22-44(36)52-48(40)46(38)50/h1-28H. The van der Waals surface area contributed by atoms with Gasteiger partial charge in [-0.15, -0.1) is 0 Å². The number of rotatable bonds is 3. The van der Waals surface area contributed by atoms with Gasteiger partial charge in [0.1, 0.15) is 11.2 Å². The van der Waals surface area contributed by atoms with Crippen LogP contribution in [0.5, 0.6) is 0 Å². The summed E-state index contributed by atoms with van der Waals surface area (Å²) in [5, 5.41) is 9.28. The van der Waals surface area contributed by atoms with E-state index in [9.17, 15) is 0 Å². The Morgan fingerprint density at radius 1 is 0.308 bits per heavy atom. The van der Waals surface area contributed by atoms with Gasteiger partial charge in [0.2, 0.25) is 0 Å². The van der Waals surface area contributed by atoms with Crippen LogP contribution in [0.4, 0.5) is 0 Å². The number of benzene rings is 8. The van der Waals surface area contributed by atoms with E-state index in [4.69, 9.17) is 8.83 Å². The first-order valence-electron chi connectivity index (χ1n) is 17.7. The van der Waals surface area contributed by atoms with E-state index in [1.807, 2.05) is 12.1 Å². The molecule has 0 atom stereocenters. The zero-order valence-corrected chi connectivity index (χ0v) is 27.9. The van der Waals surface area contributed by atoms with E-state index < -0.39 is 0 Å². The fourth-order valence-electron chi connectivity index (χ4n) is 8.65. The van der Waals surface area contributed by atoms with Crippen LogP contribution >= 0.6 is 0 Å². The molecule has 4 heteroatoms. The summed E-state index contributed by atoms with van der Waals surface area (Å²) in [5.41, 5.74) is 12.5. The molecule has 0 unspecified atom stereocenters. The number of fused-ring (bicyclic) bond motifs is 14. The zero-order valence-electron chi connectivity index (χ0n) is 27.9. The third-order valence-electron chi connectivity index (χ3n) is 10.9. The van der Waals surface area contributed by atoms with Gasteiger partial charge in [-0.05, 0) is 71.8 Å². The van der Waals surface area contributed by atoms with Gasteiger partial charge >= 0.3 is 0 Å². The van der Waals surface area contributed by atoms with Gasteiger partial charge in [-0.3, -0.25) is 0 Å². The molecule has 0 bridgehead atoms. The second-order valence-electron chi connectivity index (χ2n) is 13.7. The minimum absolute atomic E-state index is 0.900. The van der Waals surface area contributed by atoms with Crippen molar-refractivity contribution in [3.05, 3.63) is 170 Å². The maximum Gasteiger partial charge on any atom is 0.160 e. The number of para-hydroxylation sites is 4. The highest BCUT2D eigenvalue weighted by Crippen LogP contribution is 2.42. The molecule has 12 aromatic rings. The molecule has 0 spiro atoms. The highest BCUT2D eigenvalue weighted by Gasteiger charge is 2.21. The van der Waals surface area contributed by atoms with Gasteiger partial charge in [0.05, 0.1) is 22.1 Å². The van der Waals surface area contributed by atoms with E-state index in [1.165, 1.54) is 21.5 Å². The van der Waals surface area contributed by atoms with Crippen molar-refractivity contribution in [2.24, 2.45) is 0 Å². The molecule has 0 N–H and O–H groups in total. The van der Waals surface area contributed by atoms with E-state index >= 15 is 0 Å². The summed E-state index contributed by atoms with van der Waals surface area (Å²) >= 11 is 0. The second kappa shape index (κ2) is 10.3. The van der Waals surface area contributed by atoms with Crippen molar-refractivity contribution in [2.75, 3.05) is 0 Å². The van der Waals surface area contributed by atoms with Crippen molar-refractivity contribution in [3.8, 4) is 22.5 Å². The fraction of sp³-hybridized carbons (Fsp3) is 0. The lowest BCUT2D eigenvalue weighted by Gasteiger charge is -2.13. The summed E-state index contributed by atoms with van der Waals surface area (Å²) in [7, 11) is 0. The molecule has 4 heterocycles. The molecule has 0 aliphatic carbocycles. The van der Waals surface area contributed by atoms with E-state index in [1.54, 1.807) is 0 Å². The second-order valence-corrected chi connectivity index (χ2v) is 13.7. The maximum atomic E-state index is 6.62. The molecule has 4 nitrogen and oxygen atoms in total. The van der Waals surface area contributed by atoms with Crippen LogP contribution < -0.4 is 0 Å². The molecular formula is C48H28N2O2. The first-order chi connectivity index (χ1) is 25.8. The van der Waals surface area contributed by atoms with Crippen LogP contribution in [-0.2, 0) is 0 Å². The van der Waals surface area contributed by atoms with Crippen LogP contribution in [0, 0.1) is 0 Å². The smallest absolute Gasteiger partial charge is 0.160 e. The molecule has 8 aromatic carbocycles. The Kier molecular flexibility index (Phi) is 5.47. The Morgan fingerprint density at radius 3 is 1.19 bits per heavy atom. The van der Waals surface area contributed by atoms with Crippen molar-refractivity contribution in [1.82, 2.24) is 9.13 Å². The van der Waals surface area contributed by atoms with Gasteiger partial charge in [0.25, 0.3) is 0 Å². The Labute approximate surface area is 296 Å². The number of aromatic nitrogens is 2. The van der Waals surface area contributed by atoms with Crippen LogP contribution in [0.15, 0.2) is 179 Å². The number of nitrogens with zero attached hydrogens (tertiary/aromatic N) is 2. The van der Waals surface area contributed by atoms with Crippen molar-refractivity contribution in [3.63, 3.8) is 0 Å². The van der Waals surface area contributed by atoms with E-state index in [0.29, 0.717) is 0 Å². The van der Waals surface area contributed by atoms with Gasteiger partial charge in [-0.25, -0.2) is 0 Å². The summed E-state index contributed by atoms with van der Waals surface area (Å²) in [5.74, 6) is 0. The summed E-state index contributed by atoms with van der Waals surface area (Å²) in [4.78, 5) is 0. The van der Waals surface area contributed by atoms with E-state index in [-0.39, 0.29) is 0 Å². The molecule has 0 aliphatic rings. The predicted octanol–water partition coefficient (Wildman–Crippen LogP) is 13.3. The first kappa shape index (κ1) is 27.7. The molecule has 0 aliphatic heterocycles. The van der Waals surface area contributed by atoms with Gasteiger partial charge in [0, 0.05) is 54.5 Å². The third-order valence-corrected chi connectivity index (χ3v) is 10.9. The molecule has 4 aromatic heterocycles. The minimum Gasteiger partial charge on any atom is -0.454 e. The Morgan fingerprint density at radius 2 is 0.712 bits per heavy atom. The molecule has 0 fully saturated rings. The summed E-state index contributed by atoms with van der Waals surface area (Å²) in [6.45, 7) is 0. The average Bonchev–Trinajstić information content (AvgIpc) is 3.95. The molecule has 0 saturated heterocycles. The van der Waals surface area contributed by atoms with Gasteiger partial charge < -0.3 is 18.0 Å². The maximum absolute atomic E-state index is 6.62. The third kappa shape index (κ3) is 3.70. The molecule has 52 heavy (non-hydrogen) atoms. The molecular weight excluding hydrogens is 637 g/mol. The zero-order chi connectivity index (χ0) is 33.9.